The second kappa shape index (κ2) is 10.4. The lowest BCUT2D eigenvalue weighted by Crippen LogP contribution is -2.63. The van der Waals surface area contributed by atoms with E-state index in [2.05, 4.69) is 5.32 Å². The van der Waals surface area contributed by atoms with Crippen LogP contribution in [0.5, 0.6) is 11.5 Å². The lowest BCUT2D eigenvalue weighted by Gasteiger charge is -2.43. The third-order valence-corrected chi connectivity index (χ3v) is 6.97. The minimum atomic E-state index is -1.16. The van der Waals surface area contributed by atoms with Gasteiger partial charge in [-0.25, -0.2) is 0 Å². The Labute approximate surface area is 221 Å². The van der Waals surface area contributed by atoms with Gasteiger partial charge in [0.2, 0.25) is 5.91 Å². The molecular weight excluding hydrogens is 480 g/mol. The Kier molecular flexibility index (Phi) is 6.87. The van der Waals surface area contributed by atoms with Crippen molar-refractivity contribution < 1.29 is 19.1 Å². The van der Waals surface area contributed by atoms with E-state index in [1.807, 2.05) is 78.9 Å². The van der Waals surface area contributed by atoms with Crippen LogP contribution in [0.3, 0.4) is 0 Å². The summed E-state index contributed by atoms with van der Waals surface area (Å²) < 4.78 is 12.2. The van der Waals surface area contributed by atoms with Crippen molar-refractivity contribution in [3.63, 3.8) is 0 Å². The highest BCUT2D eigenvalue weighted by Gasteiger charge is 2.48. The van der Waals surface area contributed by atoms with Crippen LogP contribution in [-0.4, -0.2) is 46.3 Å². The van der Waals surface area contributed by atoms with Crippen LogP contribution in [0.1, 0.15) is 28.5 Å². The van der Waals surface area contributed by atoms with Gasteiger partial charge in [0.05, 0.1) is 26.5 Å². The van der Waals surface area contributed by atoms with Crippen LogP contribution in [-0.2, 0) is 24.4 Å². The van der Waals surface area contributed by atoms with Gasteiger partial charge in [-0.15, -0.1) is 0 Å². The SMILES string of the molecule is COc1ccc(CN2C(=O)c3cc(-c4ccc(OC)cc4)nn3C[C@]2(C)C(=O)NCc2ccccc2)cc1. The first-order valence-corrected chi connectivity index (χ1v) is 12.4. The molecule has 1 aromatic heterocycles. The summed E-state index contributed by atoms with van der Waals surface area (Å²) in [5.41, 5.74) is 2.67. The maximum absolute atomic E-state index is 13.9. The molecule has 0 saturated heterocycles. The van der Waals surface area contributed by atoms with Gasteiger partial charge < -0.3 is 19.7 Å². The highest BCUT2D eigenvalue weighted by molar-refractivity contribution is 6.00. The molecule has 0 spiro atoms. The highest BCUT2D eigenvalue weighted by Crippen LogP contribution is 2.32. The molecule has 1 aliphatic rings. The van der Waals surface area contributed by atoms with Gasteiger partial charge in [-0.3, -0.25) is 14.3 Å². The molecule has 1 atom stereocenters. The number of methoxy groups -OCH3 is 2. The molecule has 1 aliphatic heterocycles. The first kappa shape index (κ1) is 25.1. The molecule has 0 bridgehead atoms. The molecule has 4 aromatic rings. The first-order chi connectivity index (χ1) is 18.4. The van der Waals surface area contributed by atoms with E-state index in [0.717, 1.165) is 28.2 Å². The number of fused-ring (bicyclic) bond motifs is 1. The van der Waals surface area contributed by atoms with Crippen LogP contribution < -0.4 is 14.8 Å². The molecule has 0 fully saturated rings. The molecular formula is C30H30N4O4. The van der Waals surface area contributed by atoms with E-state index in [1.54, 1.807) is 36.8 Å². The van der Waals surface area contributed by atoms with Crippen molar-refractivity contribution in [3.8, 4) is 22.8 Å². The first-order valence-electron chi connectivity index (χ1n) is 12.4. The van der Waals surface area contributed by atoms with Gasteiger partial charge in [-0.2, -0.15) is 5.10 Å². The zero-order valence-electron chi connectivity index (χ0n) is 21.7. The highest BCUT2D eigenvalue weighted by atomic mass is 16.5. The molecule has 2 heterocycles. The summed E-state index contributed by atoms with van der Waals surface area (Å²) in [5, 5.41) is 7.76. The van der Waals surface area contributed by atoms with Crippen LogP contribution in [0.4, 0.5) is 0 Å². The smallest absolute Gasteiger partial charge is 0.273 e. The molecule has 194 valence electrons. The van der Waals surface area contributed by atoms with Crippen molar-refractivity contribution in [3.05, 3.63) is 102 Å². The Balaban J connectivity index is 1.48. The number of hydrogen-bond acceptors (Lipinski definition) is 5. The van der Waals surface area contributed by atoms with Crippen LogP contribution in [0.25, 0.3) is 11.3 Å². The molecule has 3 aromatic carbocycles. The van der Waals surface area contributed by atoms with E-state index in [9.17, 15) is 9.59 Å². The second-order valence-corrected chi connectivity index (χ2v) is 9.48. The normalized spacial score (nSPS) is 16.6. The van der Waals surface area contributed by atoms with Crippen molar-refractivity contribution >= 4 is 11.8 Å². The zero-order valence-corrected chi connectivity index (χ0v) is 21.7. The Morgan fingerprint density at radius 1 is 0.921 bits per heavy atom. The van der Waals surface area contributed by atoms with Crippen LogP contribution in [0, 0.1) is 0 Å². The Morgan fingerprint density at radius 2 is 1.55 bits per heavy atom. The molecule has 38 heavy (non-hydrogen) atoms. The van der Waals surface area contributed by atoms with Crippen molar-refractivity contribution in [1.82, 2.24) is 20.0 Å². The van der Waals surface area contributed by atoms with E-state index in [1.165, 1.54) is 0 Å². The largest absolute Gasteiger partial charge is 0.497 e. The molecule has 8 nitrogen and oxygen atoms in total. The van der Waals surface area contributed by atoms with E-state index >= 15 is 0 Å². The summed E-state index contributed by atoms with van der Waals surface area (Å²) in [6, 6.07) is 26.5. The summed E-state index contributed by atoms with van der Waals surface area (Å²) in [4.78, 5) is 29.3. The van der Waals surface area contributed by atoms with Gasteiger partial charge in [-0.1, -0.05) is 42.5 Å². The lowest BCUT2D eigenvalue weighted by molar-refractivity contribution is -0.133. The quantitative estimate of drug-likeness (QED) is 0.382. The van der Waals surface area contributed by atoms with Crippen LogP contribution >= 0.6 is 0 Å². The van der Waals surface area contributed by atoms with Crippen LogP contribution in [0.15, 0.2) is 84.9 Å². The monoisotopic (exact) mass is 510 g/mol. The summed E-state index contributed by atoms with van der Waals surface area (Å²) in [6.07, 6.45) is 0. The van der Waals surface area contributed by atoms with Gasteiger partial charge in [0, 0.05) is 18.7 Å². The molecule has 0 unspecified atom stereocenters. The second-order valence-electron chi connectivity index (χ2n) is 9.48. The number of hydrogen-bond donors (Lipinski definition) is 1. The summed E-state index contributed by atoms with van der Waals surface area (Å²) in [7, 11) is 3.23. The maximum Gasteiger partial charge on any atom is 0.273 e. The third-order valence-electron chi connectivity index (χ3n) is 6.97. The topological polar surface area (TPSA) is 85.7 Å². The van der Waals surface area contributed by atoms with Crippen molar-refractivity contribution in [2.75, 3.05) is 14.2 Å². The molecule has 2 amide bonds. The number of nitrogens with one attached hydrogen (secondary N) is 1. The Morgan fingerprint density at radius 3 is 2.18 bits per heavy atom. The van der Waals surface area contributed by atoms with Crippen molar-refractivity contribution in [2.45, 2.75) is 32.1 Å². The number of carbonyl (C=O) groups is 2. The molecule has 1 N–H and O–H groups in total. The van der Waals surface area contributed by atoms with Gasteiger partial charge in [0.15, 0.2) is 0 Å². The fourth-order valence-corrected chi connectivity index (χ4v) is 4.67. The fraction of sp³-hybridized carbons (Fsp3) is 0.233. The maximum atomic E-state index is 13.9. The lowest BCUT2D eigenvalue weighted by atomic mass is 9.94. The fourth-order valence-electron chi connectivity index (χ4n) is 4.67. The molecule has 0 aliphatic carbocycles. The van der Waals surface area contributed by atoms with Crippen molar-refractivity contribution in [1.29, 1.82) is 0 Å². The molecule has 8 heteroatoms. The Bertz CT molecular complexity index is 1430. The third kappa shape index (κ3) is 4.85. The number of nitrogens with zero attached hydrogens (tertiary/aromatic N) is 3. The summed E-state index contributed by atoms with van der Waals surface area (Å²) >= 11 is 0. The van der Waals surface area contributed by atoms with E-state index in [-0.39, 0.29) is 24.9 Å². The predicted molar refractivity (Wildman–Crippen MR) is 144 cm³/mol. The average molecular weight is 511 g/mol. The van der Waals surface area contributed by atoms with Gasteiger partial charge in [-0.05, 0) is 60.5 Å². The molecule has 5 rings (SSSR count). The zero-order chi connectivity index (χ0) is 26.7. The van der Waals surface area contributed by atoms with Crippen LogP contribution in [0.2, 0.25) is 0 Å². The predicted octanol–water partition coefficient (Wildman–Crippen LogP) is 4.30. The number of carbonyl (C=O) groups excluding carboxylic acids is 2. The Hall–Kier alpha value is -4.59. The number of rotatable bonds is 8. The molecule has 0 radical (unpaired) electrons. The molecule has 0 saturated carbocycles. The van der Waals surface area contributed by atoms with Crippen molar-refractivity contribution in [2.24, 2.45) is 0 Å². The summed E-state index contributed by atoms with van der Waals surface area (Å²) in [6.45, 7) is 2.65. The van der Waals surface area contributed by atoms with E-state index in [4.69, 9.17) is 14.6 Å². The van der Waals surface area contributed by atoms with Gasteiger partial charge >= 0.3 is 0 Å². The minimum Gasteiger partial charge on any atom is -0.497 e. The number of amides is 2. The average Bonchev–Trinajstić information content (AvgIpc) is 3.38. The summed E-state index contributed by atoms with van der Waals surface area (Å²) in [5.74, 6) is 0.971. The van der Waals surface area contributed by atoms with E-state index < -0.39 is 5.54 Å². The van der Waals surface area contributed by atoms with E-state index in [0.29, 0.717) is 17.9 Å². The standard InChI is InChI=1S/C30H30N4O4/c1-30(29(36)31-18-21-7-5-4-6-8-21)20-34-27(17-26(32-34)23-11-15-25(38-3)16-12-23)28(35)33(30)19-22-9-13-24(37-2)14-10-22/h4-17H,18-20H2,1-3H3,(H,31,36)/t30-/m1/s1. The number of benzene rings is 3. The van der Waals surface area contributed by atoms with Gasteiger partial charge in [0.25, 0.3) is 5.91 Å². The number of ether oxygens (including phenoxy) is 2. The number of aromatic nitrogens is 2. The van der Waals surface area contributed by atoms with Gasteiger partial charge in [0.1, 0.15) is 22.7 Å². The minimum absolute atomic E-state index is 0.223.